The normalized spacial score (nSPS) is 12.3. The Bertz CT molecular complexity index is 1030. The second-order valence-corrected chi connectivity index (χ2v) is 8.31. The van der Waals surface area contributed by atoms with Crippen LogP contribution in [0.15, 0.2) is 53.4 Å². The molecular weight excluding hydrogens is 402 g/mol. The number of ether oxygens (including phenoxy) is 1. The van der Waals surface area contributed by atoms with Gasteiger partial charge in [-0.25, -0.2) is 17.5 Å². The van der Waals surface area contributed by atoms with Crippen LogP contribution >= 0.6 is 0 Å². The summed E-state index contributed by atoms with van der Waals surface area (Å²) in [5.41, 5.74) is 0.0883. The quantitative estimate of drug-likeness (QED) is 0.410. The molecule has 29 heavy (non-hydrogen) atoms. The van der Waals surface area contributed by atoms with Crippen LogP contribution in [0.1, 0.15) is 17.3 Å². The largest absolute Gasteiger partial charge is 0.449 e. The van der Waals surface area contributed by atoms with Gasteiger partial charge in [-0.05, 0) is 37.3 Å². The lowest BCUT2D eigenvalue weighted by Gasteiger charge is -2.15. The van der Waals surface area contributed by atoms with Crippen LogP contribution in [-0.2, 0) is 19.6 Å². The number of anilines is 1. The molecule has 0 bridgehead atoms. The lowest BCUT2D eigenvalue weighted by atomic mass is 10.2. The number of nitro benzene ring substituents is 1. The van der Waals surface area contributed by atoms with E-state index in [9.17, 15) is 28.1 Å². The molecule has 0 aromatic heterocycles. The van der Waals surface area contributed by atoms with E-state index in [1.54, 1.807) is 0 Å². The van der Waals surface area contributed by atoms with E-state index in [0.29, 0.717) is 0 Å². The van der Waals surface area contributed by atoms with E-state index in [4.69, 9.17) is 4.74 Å². The van der Waals surface area contributed by atoms with E-state index >= 15 is 0 Å². The zero-order valence-electron chi connectivity index (χ0n) is 15.9. The Morgan fingerprint density at radius 2 is 1.76 bits per heavy atom. The minimum absolute atomic E-state index is 0.00386. The molecule has 1 N–H and O–H groups in total. The number of carbonyl (C=O) groups excluding carboxylic acids is 2. The molecule has 0 radical (unpaired) electrons. The summed E-state index contributed by atoms with van der Waals surface area (Å²) >= 11 is 0. The lowest BCUT2D eigenvalue weighted by Crippen LogP contribution is -2.30. The Morgan fingerprint density at radius 3 is 2.31 bits per heavy atom. The van der Waals surface area contributed by atoms with Crippen molar-refractivity contribution in [2.24, 2.45) is 0 Å². The van der Waals surface area contributed by atoms with E-state index in [-0.39, 0.29) is 21.8 Å². The maximum Gasteiger partial charge on any atom is 0.338 e. The van der Waals surface area contributed by atoms with Crippen LogP contribution in [0.4, 0.5) is 11.4 Å². The smallest absolute Gasteiger partial charge is 0.338 e. The summed E-state index contributed by atoms with van der Waals surface area (Å²) < 4.78 is 30.5. The summed E-state index contributed by atoms with van der Waals surface area (Å²) in [5.74, 6) is -1.49. The summed E-state index contributed by atoms with van der Waals surface area (Å²) in [6.45, 7) is 1.35. The first kappa shape index (κ1) is 22.0. The number of rotatable bonds is 7. The number of hydrogen-bond donors (Lipinski definition) is 1. The number of esters is 1. The molecule has 0 aliphatic heterocycles. The molecule has 0 fully saturated rings. The van der Waals surface area contributed by atoms with Crippen LogP contribution in [-0.4, -0.2) is 49.7 Å². The van der Waals surface area contributed by atoms with Gasteiger partial charge in [-0.1, -0.05) is 6.07 Å². The maximum atomic E-state index is 12.3. The summed E-state index contributed by atoms with van der Waals surface area (Å²) in [7, 11) is -0.893. The van der Waals surface area contributed by atoms with Crippen molar-refractivity contribution in [2.45, 2.75) is 17.9 Å². The Hall–Kier alpha value is -3.31. The van der Waals surface area contributed by atoms with E-state index in [0.717, 1.165) is 16.4 Å². The molecular formula is C18H19N3O7S. The van der Waals surface area contributed by atoms with Crippen molar-refractivity contribution in [1.82, 2.24) is 4.31 Å². The number of non-ortho nitro benzene ring substituents is 1. The van der Waals surface area contributed by atoms with Crippen LogP contribution in [0, 0.1) is 10.1 Å². The van der Waals surface area contributed by atoms with Crippen LogP contribution in [0.25, 0.3) is 0 Å². The maximum absolute atomic E-state index is 12.3. The Kier molecular flexibility index (Phi) is 6.67. The highest BCUT2D eigenvalue weighted by atomic mass is 32.2. The molecule has 2 aromatic rings. The average molecular weight is 421 g/mol. The molecule has 154 valence electrons. The number of amides is 1. The Morgan fingerprint density at radius 1 is 1.14 bits per heavy atom. The average Bonchev–Trinajstić information content (AvgIpc) is 2.67. The molecule has 0 aliphatic rings. The molecule has 1 atom stereocenters. The van der Waals surface area contributed by atoms with Gasteiger partial charge < -0.3 is 10.1 Å². The summed E-state index contributed by atoms with van der Waals surface area (Å²) in [6, 6.07) is 10.4. The van der Waals surface area contributed by atoms with Crippen LogP contribution in [0.5, 0.6) is 0 Å². The van der Waals surface area contributed by atoms with Crippen molar-refractivity contribution < 1.29 is 27.7 Å². The van der Waals surface area contributed by atoms with Gasteiger partial charge in [0, 0.05) is 31.9 Å². The minimum atomic E-state index is -3.67. The SMILES string of the molecule is C[C@H](OC(=O)c1ccc([N+](=O)[O-])cc1)C(=O)Nc1cccc(S(=O)(=O)N(C)C)c1. The van der Waals surface area contributed by atoms with Crippen LogP contribution in [0.3, 0.4) is 0 Å². The van der Waals surface area contributed by atoms with Crippen LogP contribution in [0.2, 0.25) is 0 Å². The van der Waals surface area contributed by atoms with Crippen molar-refractivity contribution in [2.75, 3.05) is 19.4 Å². The predicted molar refractivity (Wildman–Crippen MR) is 104 cm³/mol. The van der Waals surface area contributed by atoms with Gasteiger partial charge in [0.1, 0.15) is 0 Å². The van der Waals surface area contributed by atoms with Gasteiger partial charge in [-0.3, -0.25) is 14.9 Å². The molecule has 2 aromatic carbocycles. The molecule has 10 nitrogen and oxygen atoms in total. The monoisotopic (exact) mass is 421 g/mol. The molecule has 0 unspecified atom stereocenters. The zero-order valence-corrected chi connectivity index (χ0v) is 16.7. The fraction of sp³-hybridized carbons (Fsp3) is 0.222. The van der Waals surface area contributed by atoms with Crippen molar-refractivity contribution in [1.29, 1.82) is 0 Å². The van der Waals surface area contributed by atoms with Gasteiger partial charge in [-0.15, -0.1) is 0 Å². The van der Waals surface area contributed by atoms with Gasteiger partial charge in [0.15, 0.2) is 6.10 Å². The second-order valence-electron chi connectivity index (χ2n) is 6.16. The number of hydrogen-bond acceptors (Lipinski definition) is 7. The van der Waals surface area contributed by atoms with E-state index in [1.807, 2.05) is 0 Å². The second kappa shape index (κ2) is 8.80. The molecule has 11 heteroatoms. The highest BCUT2D eigenvalue weighted by molar-refractivity contribution is 7.89. The molecule has 0 saturated heterocycles. The molecule has 2 rings (SSSR count). The third kappa shape index (κ3) is 5.36. The fourth-order valence-electron chi connectivity index (χ4n) is 2.19. The molecule has 0 saturated carbocycles. The molecule has 0 aliphatic carbocycles. The topological polar surface area (TPSA) is 136 Å². The molecule has 0 heterocycles. The van der Waals surface area contributed by atoms with Gasteiger partial charge in [-0.2, -0.15) is 0 Å². The molecule has 1 amide bonds. The van der Waals surface area contributed by atoms with Gasteiger partial charge in [0.25, 0.3) is 11.6 Å². The van der Waals surface area contributed by atoms with E-state index in [1.165, 1.54) is 57.4 Å². The Labute approximate surface area is 167 Å². The third-order valence-corrected chi connectivity index (χ3v) is 5.66. The van der Waals surface area contributed by atoms with Crippen molar-refractivity contribution >= 4 is 33.3 Å². The number of sulfonamides is 1. The minimum Gasteiger partial charge on any atom is -0.449 e. The van der Waals surface area contributed by atoms with Crippen molar-refractivity contribution in [3.8, 4) is 0 Å². The van der Waals surface area contributed by atoms with Gasteiger partial charge in [0.2, 0.25) is 10.0 Å². The number of benzene rings is 2. The van der Waals surface area contributed by atoms with E-state index < -0.39 is 32.9 Å². The first-order valence-electron chi connectivity index (χ1n) is 8.31. The third-order valence-electron chi connectivity index (χ3n) is 3.85. The number of nitro groups is 1. The summed E-state index contributed by atoms with van der Waals surface area (Å²) in [4.78, 5) is 34.4. The van der Waals surface area contributed by atoms with Gasteiger partial charge in [0.05, 0.1) is 15.4 Å². The Balaban J connectivity index is 2.05. The van der Waals surface area contributed by atoms with Crippen molar-refractivity contribution in [3.05, 3.63) is 64.2 Å². The summed E-state index contributed by atoms with van der Waals surface area (Å²) in [5, 5.41) is 13.1. The number of carbonyl (C=O) groups is 2. The van der Waals surface area contributed by atoms with Gasteiger partial charge >= 0.3 is 5.97 Å². The fourth-order valence-corrected chi connectivity index (χ4v) is 3.14. The number of nitrogens with one attached hydrogen (secondary N) is 1. The first-order valence-corrected chi connectivity index (χ1v) is 9.75. The predicted octanol–water partition coefficient (Wildman–Crippen LogP) is 2.03. The summed E-state index contributed by atoms with van der Waals surface area (Å²) in [6.07, 6.45) is -1.19. The van der Waals surface area contributed by atoms with Crippen molar-refractivity contribution in [3.63, 3.8) is 0 Å². The highest BCUT2D eigenvalue weighted by Crippen LogP contribution is 2.19. The highest BCUT2D eigenvalue weighted by Gasteiger charge is 2.21. The molecule has 0 spiro atoms. The van der Waals surface area contributed by atoms with Crippen LogP contribution < -0.4 is 5.32 Å². The number of nitrogens with zero attached hydrogens (tertiary/aromatic N) is 2. The standard InChI is InChI=1S/C18H19N3O7S/c1-12(28-18(23)13-7-9-15(10-8-13)21(24)25)17(22)19-14-5-4-6-16(11-14)29(26,27)20(2)3/h4-12H,1-3H3,(H,19,22)/t12-/m0/s1. The lowest BCUT2D eigenvalue weighted by molar-refractivity contribution is -0.384. The first-order chi connectivity index (χ1) is 13.5. The van der Waals surface area contributed by atoms with E-state index in [2.05, 4.69) is 5.32 Å². The zero-order chi connectivity index (χ0) is 21.8.